The highest BCUT2D eigenvalue weighted by Crippen LogP contribution is 2.32. The van der Waals surface area contributed by atoms with Gasteiger partial charge in [-0.1, -0.05) is 24.3 Å². The molecule has 1 saturated heterocycles. The summed E-state index contributed by atoms with van der Waals surface area (Å²) in [5.74, 6) is -1.81. The standard InChI is InChI=1S/C25H24F2N4O2/c26-18-9-8-17(19(27)14-18)13-24(32)30-11-4-3-7-23(30)20-15-21(29-28-20)25(33)31-12-10-16-5-1-2-6-22(16)31/h1-2,5-6,8-9,14-15,23H,3-4,7,10-13H2,(H,28,29). The lowest BCUT2D eigenvalue weighted by molar-refractivity contribution is -0.134. The van der Waals surface area contributed by atoms with Gasteiger partial charge in [0.05, 0.1) is 18.2 Å². The van der Waals surface area contributed by atoms with Crippen molar-refractivity contribution in [1.29, 1.82) is 0 Å². The molecule has 8 heteroatoms. The SMILES string of the molecule is O=C(c1cc(C2CCCCN2C(=O)Cc2ccc(F)cc2F)[nH]n1)N1CCc2ccccc21. The van der Waals surface area contributed by atoms with Crippen LogP contribution in [0.15, 0.2) is 48.5 Å². The molecule has 1 aromatic heterocycles. The third-order valence-electron chi connectivity index (χ3n) is 6.49. The van der Waals surface area contributed by atoms with E-state index in [1.807, 2.05) is 24.3 Å². The van der Waals surface area contributed by atoms with E-state index in [9.17, 15) is 18.4 Å². The Bertz CT molecular complexity index is 1210. The molecule has 5 rings (SSSR count). The number of H-pyrrole nitrogens is 1. The number of nitrogens with one attached hydrogen (secondary N) is 1. The molecule has 6 nitrogen and oxygen atoms in total. The van der Waals surface area contributed by atoms with E-state index in [0.29, 0.717) is 24.5 Å². The predicted octanol–water partition coefficient (Wildman–Crippen LogP) is 4.19. The first-order chi connectivity index (χ1) is 16.0. The van der Waals surface area contributed by atoms with E-state index in [4.69, 9.17) is 0 Å². The minimum atomic E-state index is -0.725. The summed E-state index contributed by atoms with van der Waals surface area (Å²) in [6.45, 7) is 1.14. The summed E-state index contributed by atoms with van der Waals surface area (Å²) in [4.78, 5) is 29.6. The fraction of sp³-hybridized carbons (Fsp3) is 0.320. The number of nitrogens with zero attached hydrogens (tertiary/aromatic N) is 3. The number of aromatic nitrogens is 2. The highest BCUT2D eigenvalue weighted by atomic mass is 19.1. The first kappa shape index (κ1) is 21.3. The number of hydrogen-bond acceptors (Lipinski definition) is 3. The van der Waals surface area contributed by atoms with Gasteiger partial charge in [-0.2, -0.15) is 5.10 Å². The van der Waals surface area contributed by atoms with Crippen LogP contribution in [0.1, 0.15) is 52.6 Å². The Hall–Kier alpha value is -3.55. The smallest absolute Gasteiger partial charge is 0.278 e. The van der Waals surface area contributed by atoms with E-state index in [1.54, 1.807) is 15.9 Å². The van der Waals surface area contributed by atoms with Crippen LogP contribution in [0.3, 0.4) is 0 Å². The first-order valence-corrected chi connectivity index (χ1v) is 11.2. The van der Waals surface area contributed by atoms with E-state index < -0.39 is 11.6 Å². The molecule has 1 N–H and O–H groups in total. The van der Waals surface area contributed by atoms with Gasteiger partial charge in [0.2, 0.25) is 5.91 Å². The van der Waals surface area contributed by atoms with Crippen LogP contribution in [0.5, 0.6) is 0 Å². The number of piperidine rings is 1. The van der Waals surface area contributed by atoms with Gasteiger partial charge in [-0.05, 0) is 55.0 Å². The second kappa shape index (κ2) is 8.77. The molecule has 3 aromatic rings. The van der Waals surface area contributed by atoms with Crippen molar-refractivity contribution in [2.24, 2.45) is 0 Å². The number of likely N-dealkylation sites (tertiary alicyclic amines) is 1. The summed E-state index contributed by atoms with van der Waals surface area (Å²) < 4.78 is 27.3. The molecule has 0 radical (unpaired) electrons. The summed E-state index contributed by atoms with van der Waals surface area (Å²) in [6.07, 6.45) is 3.16. The molecule has 33 heavy (non-hydrogen) atoms. The molecule has 0 spiro atoms. The number of halogens is 2. The monoisotopic (exact) mass is 450 g/mol. The van der Waals surface area contributed by atoms with Gasteiger partial charge in [0.15, 0.2) is 5.69 Å². The number of amides is 2. The molecule has 2 aromatic carbocycles. The Balaban J connectivity index is 1.34. The van der Waals surface area contributed by atoms with Gasteiger partial charge >= 0.3 is 0 Å². The fourth-order valence-electron chi connectivity index (χ4n) is 4.79. The lowest BCUT2D eigenvalue weighted by Crippen LogP contribution is -2.39. The van der Waals surface area contributed by atoms with E-state index in [1.165, 1.54) is 6.07 Å². The summed E-state index contributed by atoms with van der Waals surface area (Å²) in [5, 5.41) is 7.21. The third kappa shape index (κ3) is 4.13. The average molecular weight is 450 g/mol. The zero-order valence-electron chi connectivity index (χ0n) is 18.1. The highest BCUT2D eigenvalue weighted by molar-refractivity contribution is 6.06. The molecular formula is C25H24F2N4O2. The molecular weight excluding hydrogens is 426 g/mol. The zero-order chi connectivity index (χ0) is 22.9. The normalized spacial score (nSPS) is 17.8. The number of rotatable bonds is 4. The molecule has 170 valence electrons. The molecule has 3 heterocycles. The van der Waals surface area contributed by atoms with Gasteiger partial charge < -0.3 is 9.80 Å². The Kier molecular flexibility index (Phi) is 5.66. The second-order valence-corrected chi connectivity index (χ2v) is 8.56. The van der Waals surface area contributed by atoms with E-state index >= 15 is 0 Å². The van der Waals surface area contributed by atoms with Crippen LogP contribution >= 0.6 is 0 Å². The number of aromatic amines is 1. The van der Waals surface area contributed by atoms with Crippen LogP contribution in [0.25, 0.3) is 0 Å². The van der Waals surface area contributed by atoms with Crippen molar-refractivity contribution in [2.75, 3.05) is 18.0 Å². The number of hydrogen-bond donors (Lipinski definition) is 1. The number of para-hydroxylation sites is 1. The van der Waals surface area contributed by atoms with Crippen molar-refractivity contribution < 1.29 is 18.4 Å². The van der Waals surface area contributed by atoms with Crippen molar-refractivity contribution in [1.82, 2.24) is 15.1 Å². The fourth-order valence-corrected chi connectivity index (χ4v) is 4.79. The molecule has 2 aliphatic heterocycles. The molecule has 1 unspecified atom stereocenters. The average Bonchev–Trinajstić information content (AvgIpc) is 3.48. The molecule has 0 saturated carbocycles. The van der Waals surface area contributed by atoms with Gasteiger partial charge in [-0.15, -0.1) is 0 Å². The van der Waals surface area contributed by atoms with Crippen LogP contribution < -0.4 is 4.90 Å². The molecule has 0 aliphatic carbocycles. The number of fused-ring (bicyclic) bond motifs is 1. The lowest BCUT2D eigenvalue weighted by atomic mass is 9.98. The van der Waals surface area contributed by atoms with Gasteiger partial charge in [0.1, 0.15) is 11.6 Å². The Morgan fingerprint density at radius 3 is 2.76 bits per heavy atom. The number of carbonyl (C=O) groups excluding carboxylic acids is 2. The highest BCUT2D eigenvalue weighted by Gasteiger charge is 2.32. The minimum Gasteiger partial charge on any atom is -0.334 e. The maximum atomic E-state index is 14.1. The Morgan fingerprint density at radius 1 is 1.06 bits per heavy atom. The van der Waals surface area contributed by atoms with Gasteiger partial charge in [-0.3, -0.25) is 14.7 Å². The second-order valence-electron chi connectivity index (χ2n) is 8.56. The summed E-state index contributed by atoms with van der Waals surface area (Å²) in [7, 11) is 0. The van der Waals surface area contributed by atoms with E-state index in [2.05, 4.69) is 10.2 Å². The quantitative estimate of drug-likeness (QED) is 0.648. The van der Waals surface area contributed by atoms with Crippen molar-refractivity contribution >= 4 is 17.5 Å². The summed E-state index contributed by atoms with van der Waals surface area (Å²) in [6, 6.07) is 12.5. The predicted molar refractivity (Wildman–Crippen MR) is 119 cm³/mol. The molecule has 2 amide bonds. The Labute approximate surface area is 190 Å². The minimum absolute atomic E-state index is 0.146. The number of carbonyl (C=O) groups is 2. The van der Waals surface area contributed by atoms with Crippen LogP contribution in [0, 0.1) is 11.6 Å². The summed E-state index contributed by atoms with van der Waals surface area (Å²) in [5.41, 5.74) is 3.21. The lowest BCUT2D eigenvalue weighted by Gasteiger charge is -2.35. The van der Waals surface area contributed by atoms with Crippen LogP contribution in [-0.2, 0) is 17.6 Å². The molecule has 1 atom stereocenters. The van der Waals surface area contributed by atoms with Gasteiger partial charge in [0.25, 0.3) is 5.91 Å². The largest absolute Gasteiger partial charge is 0.334 e. The van der Waals surface area contributed by atoms with Gasteiger partial charge in [0, 0.05) is 24.8 Å². The van der Waals surface area contributed by atoms with Crippen molar-refractivity contribution in [2.45, 2.75) is 38.1 Å². The maximum Gasteiger partial charge on any atom is 0.278 e. The Morgan fingerprint density at radius 2 is 1.91 bits per heavy atom. The van der Waals surface area contributed by atoms with Crippen LogP contribution in [0.2, 0.25) is 0 Å². The summed E-state index contributed by atoms with van der Waals surface area (Å²) >= 11 is 0. The van der Waals surface area contributed by atoms with Crippen molar-refractivity contribution in [3.05, 3.63) is 82.7 Å². The maximum absolute atomic E-state index is 14.1. The number of anilines is 1. The molecule has 1 fully saturated rings. The zero-order valence-corrected chi connectivity index (χ0v) is 18.1. The topological polar surface area (TPSA) is 69.3 Å². The van der Waals surface area contributed by atoms with Crippen molar-refractivity contribution in [3.63, 3.8) is 0 Å². The molecule has 0 bridgehead atoms. The van der Waals surface area contributed by atoms with Crippen LogP contribution in [-0.4, -0.2) is 40.0 Å². The third-order valence-corrected chi connectivity index (χ3v) is 6.49. The molecule has 2 aliphatic rings. The van der Waals surface area contributed by atoms with Crippen LogP contribution in [0.4, 0.5) is 14.5 Å². The number of benzene rings is 2. The van der Waals surface area contributed by atoms with Gasteiger partial charge in [-0.25, -0.2) is 8.78 Å². The first-order valence-electron chi connectivity index (χ1n) is 11.2. The van der Waals surface area contributed by atoms with E-state index in [0.717, 1.165) is 49.1 Å². The van der Waals surface area contributed by atoms with E-state index in [-0.39, 0.29) is 29.8 Å². The van der Waals surface area contributed by atoms with Crippen molar-refractivity contribution in [3.8, 4) is 0 Å².